The van der Waals surface area contributed by atoms with Crippen molar-refractivity contribution < 1.29 is 4.79 Å². The van der Waals surface area contributed by atoms with Gasteiger partial charge in [-0.2, -0.15) is 5.10 Å². The van der Waals surface area contributed by atoms with E-state index in [1.54, 1.807) is 17.7 Å². The molecule has 0 radical (unpaired) electrons. The molecule has 2 atom stereocenters. The van der Waals surface area contributed by atoms with Crippen molar-refractivity contribution in [2.24, 2.45) is 11.8 Å². The minimum atomic E-state index is -0.327. The fourth-order valence-electron chi connectivity index (χ4n) is 4.50. The molecule has 2 fully saturated rings. The summed E-state index contributed by atoms with van der Waals surface area (Å²) in [5.74, 6) is 1.03. The number of carbonyl (C=O) groups excluding carboxylic acids is 1. The Morgan fingerprint density at radius 2 is 1.89 bits per heavy atom. The third-order valence-corrected chi connectivity index (χ3v) is 6.29. The molecule has 2 aromatic rings. The van der Waals surface area contributed by atoms with Crippen molar-refractivity contribution in [3.8, 4) is 5.69 Å². The zero-order valence-corrected chi connectivity index (χ0v) is 16.3. The average Bonchev–Trinajstić information content (AvgIpc) is 2.68. The number of aromatic nitrogens is 2. The predicted molar refractivity (Wildman–Crippen MR) is 106 cm³/mol. The van der Waals surface area contributed by atoms with Crippen LogP contribution in [0.4, 0.5) is 0 Å². The number of carbonyl (C=O) groups is 1. The quantitative estimate of drug-likeness (QED) is 0.789. The highest BCUT2D eigenvalue weighted by atomic mass is 35.5. The zero-order chi connectivity index (χ0) is 19.0. The van der Waals surface area contributed by atoms with Crippen LogP contribution in [0.25, 0.3) is 5.69 Å². The number of likely N-dealkylation sites (tertiary alicyclic amines) is 1. The van der Waals surface area contributed by atoms with Crippen molar-refractivity contribution in [3.63, 3.8) is 0 Å². The number of hydrogen-bond acceptors (Lipinski definition) is 3. The van der Waals surface area contributed by atoms with Crippen LogP contribution in [0.3, 0.4) is 0 Å². The monoisotopic (exact) mass is 385 g/mol. The van der Waals surface area contributed by atoms with E-state index in [9.17, 15) is 9.59 Å². The maximum atomic E-state index is 13.1. The number of hydrogen-bond donors (Lipinski definition) is 0. The minimum absolute atomic E-state index is 0.0187. The van der Waals surface area contributed by atoms with Gasteiger partial charge in [0.2, 0.25) is 5.43 Å². The summed E-state index contributed by atoms with van der Waals surface area (Å²) >= 11 is 6.29. The molecule has 0 unspecified atom stereocenters. The van der Waals surface area contributed by atoms with E-state index in [1.807, 2.05) is 23.1 Å². The van der Waals surface area contributed by atoms with Crippen molar-refractivity contribution in [1.29, 1.82) is 0 Å². The SMILES string of the molecule is Cc1cc(=O)c(C(=O)N2CC[C@@H]3CCCC[C@@H]3C2)nn1-c1ccccc1Cl. The Bertz CT molecular complexity index is 924. The maximum Gasteiger partial charge on any atom is 0.278 e. The average molecular weight is 386 g/mol. The molecule has 1 aliphatic carbocycles. The molecule has 5 nitrogen and oxygen atoms in total. The summed E-state index contributed by atoms with van der Waals surface area (Å²) in [6.45, 7) is 3.24. The second-order valence-electron chi connectivity index (χ2n) is 7.71. The molecule has 6 heteroatoms. The molecule has 0 N–H and O–H groups in total. The Hall–Kier alpha value is -2.14. The van der Waals surface area contributed by atoms with E-state index in [-0.39, 0.29) is 17.0 Å². The van der Waals surface area contributed by atoms with E-state index >= 15 is 0 Å². The lowest BCUT2D eigenvalue weighted by atomic mass is 9.75. The van der Waals surface area contributed by atoms with Gasteiger partial charge in [0.05, 0.1) is 10.7 Å². The van der Waals surface area contributed by atoms with E-state index in [0.29, 0.717) is 28.9 Å². The van der Waals surface area contributed by atoms with Crippen LogP contribution in [0, 0.1) is 18.8 Å². The second-order valence-corrected chi connectivity index (χ2v) is 8.11. The molecule has 4 rings (SSSR count). The van der Waals surface area contributed by atoms with Gasteiger partial charge in [0.25, 0.3) is 5.91 Å². The van der Waals surface area contributed by atoms with Crippen molar-refractivity contribution in [3.05, 3.63) is 57.0 Å². The molecule has 1 saturated carbocycles. The topological polar surface area (TPSA) is 55.2 Å². The van der Waals surface area contributed by atoms with Crippen LogP contribution in [-0.2, 0) is 0 Å². The van der Waals surface area contributed by atoms with Crippen molar-refractivity contribution in [2.75, 3.05) is 13.1 Å². The molecule has 1 aromatic carbocycles. The number of piperidine rings is 1. The number of fused-ring (bicyclic) bond motifs is 1. The van der Waals surface area contributed by atoms with Gasteiger partial charge in [0.15, 0.2) is 5.69 Å². The first-order chi connectivity index (χ1) is 13.0. The van der Waals surface area contributed by atoms with Crippen LogP contribution < -0.4 is 5.43 Å². The molecule has 1 saturated heterocycles. The highest BCUT2D eigenvalue weighted by Gasteiger charge is 2.34. The first-order valence-corrected chi connectivity index (χ1v) is 10.1. The highest BCUT2D eigenvalue weighted by Crippen LogP contribution is 2.36. The van der Waals surface area contributed by atoms with Gasteiger partial charge >= 0.3 is 0 Å². The fourth-order valence-corrected chi connectivity index (χ4v) is 4.71. The summed E-state index contributed by atoms with van der Waals surface area (Å²) in [5, 5.41) is 4.94. The summed E-state index contributed by atoms with van der Waals surface area (Å²) in [7, 11) is 0. The third-order valence-electron chi connectivity index (χ3n) is 5.97. The largest absolute Gasteiger partial charge is 0.337 e. The van der Waals surface area contributed by atoms with E-state index in [4.69, 9.17) is 11.6 Å². The van der Waals surface area contributed by atoms with Gasteiger partial charge in [-0.3, -0.25) is 9.59 Å². The van der Waals surface area contributed by atoms with Gasteiger partial charge in [-0.1, -0.05) is 43.0 Å². The normalized spacial score (nSPS) is 22.4. The van der Waals surface area contributed by atoms with Crippen LogP contribution >= 0.6 is 11.6 Å². The Balaban J connectivity index is 1.65. The molecule has 2 aliphatic rings. The van der Waals surface area contributed by atoms with E-state index in [2.05, 4.69) is 5.10 Å². The summed E-state index contributed by atoms with van der Waals surface area (Å²) < 4.78 is 1.59. The second kappa shape index (κ2) is 7.47. The smallest absolute Gasteiger partial charge is 0.278 e. The van der Waals surface area contributed by atoms with Gasteiger partial charge in [-0.05, 0) is 43.7 Å². The summed E-state index contributed by atoms with van der Waals surface area (Å²) in [5.41, 5.74) is 0.966. The molecular formula is C21H24ClN3O2. The van der Waals surface area contributed by atoms with E-state index in [1.165, 1.54) is 31.7 Å². The van der Waals surface area contributed by atoms with Crippen LogP contribution in [0.5, 0.6) is 0 Å². The number of rotatable bonds is 2. The number of halogens is 1. The highest BCUT2D eigenvalue weighted by molar-refractivity contribution is 6.32. The van der Waals surface area contributed by atoms with Crippen LogP contribution in [0.1, 0.15) is 48.3 Å². The molecular weight excluding hydrogens is 362 g/mol. The lowest BCUT2D eigenvalue weighted by Crippen LogP contribution is -2.46. The fraction of sp³-hybridized carbons (Fsp3) is 0.476. The Labute approximate surface area is 163 Å². The summed E-state index contributed by atoms with van der Waals surface area (Å²) in [6, 6.07) is 8.76. The number of aryl methyl sites for hydroxylation is 1. The van der Waals surface area contributed by atoms with Crippen molar-refractivity contribution in [1.82, 2.24) is 14.7 Å². The van der Waals surface area contributed by atoms with Crippen LogP contribution in [-0.4, -0.2) is 33.7 Å². The van der Waals surface area contributed by atoms with Gasteiger partial charge in [-0.15, -0.1) is 0 Å². The molecule has 142 valence electrons. The lowest BCUT2D eigenvalue weighted by molar-refractivity contribution is 0.0512. The summed E-state index contributed by atoms with van der Waals surface area (Å²) in [4.78, 5) is 27.4. The van der Waals surface area contributed by atoms with Gasteiger partial charge < -0.3 is 4.90 Å². The van der Waals surface area contributed by atoms with Crippen LogP contribution in [0.2, 0.25) is 5.02 Å². The Morgan fingerprint density at radius 1 is 1.15 bits per heavy atom. The molecule has 27 heavy (non-hydrogen) atoms. The van der Waals surface area contributed by atoms with Crippen molar-refractivity contribution in [2.45, 2.75) is 39.0 Å². The third kappa shape index (κ3) is 3.53. The molecule has 1 aromatic heterocycles. The molecule has 1 aliphatic heterocycles. The van der Waals surface area contributed by atoms with Gasteiger partial charge in [0.1, 0.15) is 0 Å². The number of amides is 1. The predicted octanol–water partition coefficient (Wildman–Crippen LogP) is 3.85. The number of para-hydroxylation sites is 1. The van der Waals surface area contributed by atoms with E-state index < -0.39 is 0 Å². The number of nitrogens with zero attached hydrogens (tertiary/aromatic N) is 3. The van der Waals surface area contributed by atoms with Crippen molar-refractivity contribution >= 4 is 17.5 Å². The lowest BCUT2D eigenvalue weighted by Gasteiger charge is -2.41. The number of benzene rings is 1. The molecule has 1 amide bonds. The first-order valence-electron chi connectivity index (χ1n) is 9.70. The zero-order valence-electron chi connectivity index (χ0n) is 15.5. The van der Waals surface area contributed by atoms with E-state index in [0.717, 1.165) is 18.9 Å². The van der Waals surface area contributed by atoms with Gasteiger partial charge in [-0.25, -0.2) is 4.68 Å². The summed E-state index contributed by atoms with van der Waals surface area (Å²) in [6.07, 6.45) is 6.03. The molecule has 2 heterocycles. The standard InChI is InChI=1S/C21H24ClN3O2/c1-14-12-19(26)20(23-25(14)18-9-5-4-8-17(18)22)21(27)24-11-10-15-6-2-3-7-16(15)13-24/h4-5,8-9,12,15-16H,2-3,6-7,10-11,13H2,1H3/t15-,16+/m0/s1. The minimum Gasteiger partial charge on any atom is -0.337 e. The van der Waals surface area contributed by atoms with Gasteiger partial charge in [0, 0.05) is 24.8 Å². The first kappa shape index (κ1) is 18.2. The van der Waals surface area contributed by atoms with Crippen LogP contribution in [0.15, 0.2) is 35.1 Å². The Morgan fingerprint density at radius 3 is 2.67 bits per heavy atom. The molecule has 0 spiro atoms. The maximum absolute atomic E-state index is 13.1. The molecule has 0 bridgehead atoms. The Kier molecular flexibility index (Phi) is 5.04.